The van der Waals surface area contributed by atoms with Crippen molar-refractivity contribution in [3.05, 3.63) is 16.1 Å². The molecule has 1 unspecified atom stereocenters. The molecule has 0 bridgehead atoms. The van der Waals surface area contributed by atoms with E-state index in [0.717, 1.165) is 10.1 Å². The Morgan fingerprint density at radius 3 is 3.14 bits per heavy atom. The molecule has 1 aliphatic heterocycles. The van der Waals surface area contributed by atoms with Crippen LogP contribution in [0.1, 0.15) is 15.5 Å². The number of hydrogen-bond donors (Lipinski definition) is 1. The van der Waals surface area contributed by atoms with Crippen LogP contribution < -0.4 is 0 Å². The maximum atomic E-state index is 11.6. The highest BCUT2D eigenvalue weighted by Crippen LogP contribution is 2.14. The van der Waals surface area contributed by atoms with Crippen molar-refractivity contribution in [1.82, 2.24) is 10.0 Å². The summed E-state index contributed by atoms with van der Waals surface area (Å²) in [5, 5.41) is 12.8. The number of aliphatic hydroxyl groups is 1. The summed E-state index contributed by atoms with van der Waals surface area (Å²) < 4.78 is 0. The van der Waals surface area contributed by atoms with E-state index in [4.69, 9.17) is 9.94 Å². The molecule has 2 heterocycles. The largest absolute Gasteiger partial charge is 0.389 e. The second kappa shape index (κ2) is 3.64. The van der Waals surface area contributed by atoms with Crippen molar-refractivity contribution in [2.75, 3.05) is 13.2 Å². The number of amides is 1. The van der Waals surface area contributed by atoms with Gasteiger partial charge in [-0.2, -0.15) is 0 Å². The van der Waals surface area contributed by atoms with E-state index in [2.05, 4.69) is 4.98 Å². The predicted molar refractivity (Wildman–Crippen MR) is 49.8 cm³/mol. The van der Waals surface area contributed by atoms with Gasteiger partial charge in [-0.1, -0.05) is 0 Å². The Hall–Kier alpha value is -0.980. The molecule has 0 saturated carbocycles. The summed E-state index contributed by atoms with van der Waals surface area (Å²) in [7, 11) is 0. The number of aromatic nitrogens is 1. The maximum absolute atomic E-state index is 11.6. The van der Waals surface area contributed by atoms with Gasteiger partial charge >= 0.3 is 0 Å². The summed E-state index contributed by atoms with van der Waals surface area (Å²) in [6, 6.07) is 0. The van der Waals surface area contributed by atoms with Gasteiger partial charge in [0.05, 0.1) is 11.6 Å². The predicted octanol–water partition coefficient (Wildman–Crippen LogP) is 0.200. The molecule has 0 aliphatic carbocycles. The van der Waals surface area contributed by atoms with E-state index in [0.29, 0.717) is 5.69 Å². The normalized spacial score (nSPS) is 21.6. The van der Waals surface area contributed by atoms with E-state index in [1.165, 1.54) is 11.3 Å². The SMILES string of the molecule is Cc1nc(C(=O)N2CC(O)CO2)cs1. The lowest BCUT2D eigenvalue weighted by Crippen LogP contribution is -2.28. The van der Waals surface area contributed by atoms with E-state index in [1.54, 1.807) is 5.38 Å². The highest BCUT2D eigenvalue weighted by molar-refractivity contribution is 7.09. The molecule has 14 heavy (non-hydrogen) atoms. The Balaban J connectivity index is 2.09. The Bertz CT molecular complexity index is 352. The summed E-state index contributed by atoms with van der Waals surface area (Å²) in [5.41, 5.74) is 0.376. The van der Waals surface area contributed by atoms with Gasteiger partial charge < -0.3 is 5.11 Å². The smallest absolute Gasteiger partial charge is 0.296 e. The summed E-state index contributed by atoms with van der Waals surface area (Å²) in [6.45, 7) is 2.23. The molecule has 76 valence electrons. The fourth-order valence-corrected chi connectivity index (χ4v) is 1.79. The molecule has 1 aliphatic rings. The molecule has 1 N–H and O–H groups in total. The van der Waals surface area contributed by atoms with Crippen LogP contribution in [0.5, 0.6) is 0 Å². The third-order valence-electron chi connectivity index (χ3n) is 1.86. The van der Waals surface area contributed by atoms with Crippen molar-refractivity contribution >= 4 is 17.2 Å². The van der Waals surface area contributed by atoms with E-state index in [9.17, 15) is 4.79 Å². The number of hydrogen-bond acceptors (Lipinski definition) is 5. The van der Waals surface area contributed by atoms with Crippen molar-refractivity contribution in [2.45, 2.75) is 13.0 Å². The van der Waals surface area contributed by atoms with Gasteiger partial charge in [0.1, 0.15) is 18.4 Å². The molecule has 1 amide bonds. The first-order valence-corrected chi connectivity index (χ1v) is 5.10. The molecule has 1 atom stereocenters. The fraction of sp³-hybridized carbons (Fsp3) is 0.500. The summed E-state index contributed by atoms with van der Waals surface area (Å²) in [5.74, 6) is -0.286. The number of carbonyl (C=O) groups is 1. The fourth-order valence-electron chi connectivity index (χ4n) is 1.20. The second-order valence-corrected chi connectivity index (χ2v) is 4.13. The van der Waals surface area contributed by atoms with Crippen LogP contribution in [-0.2, 0) is 4.84 Å². The van der Waals surface area contributed by atoms with Gasteiger partial charge in [-0.3, -0.25) is 9.63 Å². The van der Waals surface area contributed by atoms with Crippen molar-refractivity contribution < 1.29 is 14.7 Å². The molecule has 5 nitrogen and oxygen atoms in total. The van der Waals surface area contributed by atoms with Gasteiger partial charge in [-0.05, 0) is 6.92 Å². The van der Waals surface area contributed by atoms with Crippen molar-refractivity contribution in [3.63, 3.8) is 0 Å². The van der Waals surface area contributed by atoms with E-state index >= 15 is 0 Å². The Morgan fingerprint density at radius 1 is 1.86 bits per heavy atom. The average molecular weight is 214 g/mol. The van der Waals surface area contributed by atoms with Crippen LogP contribution in [0.2, 0.25) is 0 Å². The van der Waals surface area contributed by atoms with Gasteiger partial charge in [0, 0.05) is 5.38 Å². The topological polar surface area (TPSA) is 62.7 Å². The lowest BCUT2D eigenvalue weighted by atomic mass is 10.4. The van der Waals surface area contributed by atoms with Crippen molar-refractivity contribution in [3.8, 4) is 0 Å². The van der Waals surface area contributed by atoms with Crippen LogP contribution in [0.4, 0.5) is 0 Å². The number of aliphatic hydroxyl groups excluding tert-OH is 1. The molecule has 1 aromatic rings. The molecule has 1 aromatic heterocycles. The first-order chi connectivity index (χ1) is 6.66. The number of thiazole rings is 1. The monoisotopic (exact) mass is 214 g/mol. The van der Waals surface area contributed by atoms with Crippen LogP contribution in [0.25, 0.3) is 0 Å². The van der Waals surface area contributed by atoms with Crippen LogP contribution >= 0.6 is 11.3 Å². The van der Waals surface area contributed by atoms with Gasteiger partial charge in [0.15, 0.2) is 0 Å². The van der Waals surface area contributed by atoms with Crippen molar-refractivity contribution in [1.29, 1.82) is 0 Å². The summed E-state index contributed by atoms with van der Waals surface area (Å²) in [4.78, 5) is 20.7. The lowest BCUT2D eigenvalue weighted by molar-refractivity contribution is -0.0782. The zero-order valence-electron chi connectivity index (χ0n) is 7.64. The number of rotatable bonds is 1. The highest BCUT2D eigenvalue weighted by atomic mass is 32.1. The molecular weight excluding hydrogens is 204 g/mol. The molecule has 1 fully saturated rings. The number of aryl methyl sites for hydroxylation is 1. The Kier molecular flexibility index (Phi) is 2.49. The quantitative estimate of drug-likeness (QED) is 0.725. The molecule has 6 heteroatoms. The molecule has 0 radical (unpaired) electrons. The third-order valence-corrected chi connectivity index (χ3v) is 2.64. The molecule has 1 saturated heterocycles. The first-order valence-electron chi connectivity index (χ1n) is 4.22. The van der Waals surface area contributed by atoms with E-state index < -0.39 is 6.10 Å². The minimum atomic E-state index is -0.585. The van der Waals surface area contributed by atoms with E-state index in [-0.39, 0.29) is 19.1 Å². The molecule has 0 spiro atoms. The minimum absolute atomic E-state index is 0.175. The highest BCUT2D eigenvalue weighted by Gasteiger charge is 2.28. The summed E-state index contributed by atoms with van der Waals surface area (Å²) >= 11 is 1.42. The van der Waals surface area contributed by atoms with Crippen molar-refractivity contribution in [2.24, 2.45) is 0 Å². The average Bonchev–Trinajstić information content (AvgIpc) is 2.73. The molecule has 0 aromatic carbocycles. The van der Waals surface area contributed by atoms with Gasteiger partial charge in [0.2, 0.25) is 0 Å². The minimum Gasteiger partial charge on any atom is -0.389 e. The number of β-amino-alcohol motifs (C(OH)–C–C–N with tert-alkyl or cyclic N) is 1. The first kappa shape index (κ1) is 9.57. The zero-order chi connectivity index (χ0) is 10.1. The second-order valence-electron chi connectivity index (χ2n) is 3.07. The van der Waals surface area contributed by atoms with Crippen LogP contribution in [-0.4, -0.2) is 40.3 Å². The number of carbonyl (C=O) groups excluding carboxylic acids is 1. The van der Waals surface area contributed by atoms with Crippen LogP contribution in [0.3, 0.4) is 0 Å². The molecular formula is C8H10N2O3S. The summed E-state index contributed by atoms with van der Waals surface area (Å²) in [6.07, 6.45) is -0.585. The molecule has 2 rings (SSSR count). The maximum Gasteiger partial charge on any atom is 0.296 e. The lowest BCUT2D eigenvalue weighted by Gasteiger charge is -2.11. The van der Waals surface area contributed by atoms with Crippen LogP contribution in [0, 0.1) is 6.92 Å². The Labute approximate surface area is 84.9 Å². The Morgan fingerprint density at radius 2 is 2.64 bits per heavy atom. The van der Waals surface area contributed by atoms with Gasteiger partial charge in [-0.25, -0.2) is 10.0 Å². The van der Waals surface area contributed by atoms with Crippen LogP contribution in [0.15, 0.2) is 5.38 Å². The standard InChI is InChI=1S/C8H10N2O3S/c1-5-9-7(4-14-5)8(12)10-2-6(11)3-13-10/h4,6,11H,2-3H2,1H3. The number of hydroxylamine groups is 2. The van der Waals surface area contributed by atoms with Gasteiger partial charge in [-0.15, -0.1) is 11.3 Å². The van der Waals surface area contributed by atoms with E-state index in [1.807, 2.05) is 6.92 Å². The zero-order valence-corrected chi connectivity index (χ0v) is 8.45. The van der Waals surface area contributed by atoms with Gasteiger partial charge in [0.25, 0.3) is 5.91 Å². The number of nitrogens with zero attached hydrogens (tertiary/aromatic N) is 2. The third kappa shape index (κ3) is 1.77.